The molecule has 1 aromatic heterocycles. The summed E-state index contributed by atoms with van der Waals surface area (Å²) in [4.78, 5) is 0. The zero-order valence-corrected chi connectivity index (χ0v) is 2.88. The van der Waals surface area contributed by atoms with Crippen LogP contribution in [-0.2, 0) is 0 Å². The zero-order chi connectivity index (χ0) is 4.41. The summed E-state index contributed by atoms with van der Waals surface area (Å²) in [6.45, 7) is 0. The summed E-state index contributed by atoms with van der Waals surface area (Å²) in [6.07, 6.45) is 1.22. The van der Waals surface area contributed by atoms with Crippen molar-refractivity contribution in [1.82, 2.24) is 10.4 Å². The molecule has 0 spiro atoms. The minimum absolute atomic E-state index is 0.00463. The maximum absolute atomic E-state index is 6.58. The first kappa shape index (κ1) is 3.14. The third-order valence-electron chi connectivity index (χ3n) is 0.361. The second kappa shape index (κ2) is 0.965. The lowest BCUT2D eigenvalue weighted by molar-refractivity contribution is 0.410. The molecule has 0 radical (unpaired) electrons. The summed E-state index contributed by atoms with van der Waals surface area (Å²) < 4.78 is 4.14. The molecule has 0 saturated carbocycles. The Bertz CT molecular complexity index is 112. The fraction of sp³-hybridized carbons (Fsp3) is 0. The van der Waals surface area contributed by atoms with Crippen molar-refractivity contribution in [3.8, 4) is 0 Å². The van der Waals surface area contributed by atoms with Crippen LogP contribution < -0.4 is 0 Å². The third kappa shape index (κ3) is 0.314. The van der Waals surface area contributed by atoms with E-state index in [1.54, 1.807) is 0 Å². The second-order valence-electron chi connectivity index (χ2n) is 0.782. The summed E-state index contributed by atoms with van der Waals surface area (Å²) in [7, 11) is 0. The molecule has 1 N–H and O–H groups in total. The fourth-order valence-electron chi connectivity index (χ4n) is 0.167. The molecule has 0 aliphatic heterocycles. The van der Waals surface area contributed by atoms with Crippen molar-refractivity contribution >= 4 is 5.88 Å². The zero-order valence-electron chi connectivity index (χ0n) is 2.88. The third-order valence-corrected chi connectivity index (χ3v) is 0.361. The molecule has 0 unspecified atom stereocenters. The van der Waals surface area contributed by atoms with Crippen LogP contribution in [0.1, 0.15) is 0 Å². The Morgan fingerprint density at radius 3 is 2.83 bits per heavy atom. The Hall–Kier alpha value is -1.06. The first-order valence-electron chi connectivity index (χ1n) is 1.38. The fourth-order valence-corrected chi connectivity index (χ4v) is 0.167. The maximum Gasteiger partial charge on any atom is 0.0756 e. The predicted molar refractivity (Wildman–Crippen MR) is 18.3 cm³/mol. The Balaban J connectivity index is 3.05. The number of aromatic nitrogens is 2. The van der Waals surface area contributed by atoms with E-state index in [9.17, 15) is 0 Å². The molecule has 0 atom stereocenters. The van der Waals surface area contributed by atoms with Gasteiger partial charge in [0, 0.05) is 5.27 Å². The highest BCUT2D eigenvalue weighted by Crippen LogP contribution is 2.00. The van der Waals surface area contributed by atoms with Crippen molar-refractivity contribution in [3.05, 3.63) is 11.9 Å². The first-order valence-corrected chi connectivity index (χ1v) is 1.38. The molecule has 0 fully saturated rings. The minimum Gasteiger partial charge on any atom is -0.664 e. The molecule has 0 bridgehead atoms. The molecule has 1 heterocycles. The van der Waals surface area contributed by atoms with Crippen LogP contribution in [0.3, 0.4) is 0 Å². The monoisotopic (exact) mass is 84.0 g/mol. The van der Waals surface area contributed by atoms with Gasteiger partial charge < -0.3 is 10.3 Å². The van der Waals surface area contributed by atoms with Crippen molar-refractivity contribution in [3.63, 3.8) is 0 Å². The van der Waals surface area contributed by atoms with E-state index in [-0.39, 0.29) is 5.88 Å². The van der Waals surface area contributed by atoms with E-state index < -0.39 is 0 Å². The summed E-state index contributed by atoms with van der Waals surface area (Å²) in [5.74, 6) is -0.00463. The highest BCUT2D eigenvalue weighted by molar-refractivity contribution is 5.21. The standard InChI is InChI=1S/C2H2N3O/c3-2-1-4-5-6-2/h1,3H/q-1. The lowest BCUT2D eigenvalue weighted by Gasteiger charge is -1.80. The summed E-state index contributed by atoms with van der Waals surface area (Å²) in [5, 5.41) is 6.23. The van der Waals surface area contributed by atoms with E-state index in [1.165, 1.54) is 6.20 Å². The van der Waals surface area contributed by atoms with E-state index in [4.69, 9.17) is 5.73 Å². The lowest BCUT2D eigenvalue weighted by atomic mass is 10.9. The molecule has 6 heavy (non-hydrogen) atoms. The Labute approximate surface area is 33.9 Å². The number of nitrogens with zero attached hydrogens (tertiary/aromatic N) is 2. The summed E-state index contributed by atoms with van der Waals surface area (Å²) >= 11 is 0. The molecular formula is C2H2N3O-. The molecular weight excluding hydrogens is 82.0 g/mol. The Morgan fingerprint density at radius 2 is 2.67 bits per heavy atom. The second-order valence-corrected chi connectivity index (χ2v) is 0.782. The first-order chi connectivity index (χ1) is 2.89. The number of hydrogen-bond donors (Lipinski definition) is 0. The molecule has 0 amide bonds. The quantitative estimate of drug-likeness (QED) is 0.466. The van der Waals surface area contributed by atoms with E-state index in [1.807, 2.05) is 0 Å². The van der Waals surface area contributed by atoms with Gasteiger partial charge in [-0.05, 0) is 0 Å². The van der Waals surface area contributed by atoms with Gasteiger partial charge in [0.05, 0.1) is 12.1 Å². The van der Waals surface area contributed by atoms with E-state index in [0.717, 1.165) is 0 Å². The van der Waals surface area contributed by atoms with E-state index in [0.29, 0.717) is 0 Å². The van der Waals surface area contributed by atoms with Gasteiger partial charge in [0.1, 0.15) is 0 Å². The molecule has 0 aromatic carbocycles. The molecule has 1 rings (SSSR count). The summed E-state index contributed by atoms with van der Waals surface area (Å²) in [6, 6.07) is 0. The molecule has 0 aliphatic carbocycles. The van der Waals surface area contributed by atoms with Gasteiger partial charge in [0.15, 0.2) is 0 Å². The maximum atomic E-state index is 6.58. The van der Waals surface area contributed by atoms with Crippen LogP contribution in [0.5, 0.6) is 0 Å². The van der Waals surface area contributed by atoms with Gasteiger partial charge >= 0.3 is 0 Å². The van der Waals surface area contributed by atoms with Crippen molar-refractivity contribution in [2.24, 2.45) is 0 Å². The lowest BCUT2D eigenvalue weighted by Crippen LogP contribution is -1.53. The van der Waals surface area contributed by atoms with Gasteiger partial charge in [-0.1, -0.05) is 0 Å². The number of nitrogens with one attached hydrogen (secondary N) is 1. The number of hydrogen-bond acceptors (Lipinski definition) is 3. The van der Waals surface area contributed by atoms with Gasteiger partial charge in [-0.3, -0.25) is 0 Å². The Morgan fingerprint density at radius 1 is 1.83 bits per heavy atom. The highest BCUT2D eigenvalue weighted by Gasteiger charge is 1.71. The van der Waals surface area contributed by atoms with Crippen molar-refractivity contribution in [1.29, 1.82) is 0 Å². The average Bonchev–Trinajstić information content (AvgIpc) is 1.86. The van der Waals surface area contributed by atoms with Crippen LogP contribution >= 0.6 is 0 Å². The smallest absolute Gasteiger partial charge is 0.0756 e. The average molecular weight is 84.1 g/mol. The van der Waals surface area contributed by atoms with Gasteiger partial charge in [-0.25, -0.2) is 0 Å². The predicted octanol–water partition coefficient (Wildman–Crippen LogP) is 0.753. The van der Waals surface area contributed by atoms with E-state index >= 15 is 0 Å². The Kier molecular flexibility index (Phi) is 0.506. The molecule has 0 aliphatic rings. The van der Waals surface area contributed by atoms with Gasteiger partial charge in [-0.15, -0.1) is 5.10 Å². The van der Waals surface area contributed by atoms with Crippen LogP contribution in [0.15, 0.2) is 10.7 Å². The van der Waals surface area contributed by atoms with Crippen molar-refractivity contribution in [2.75, 3.05) is 0 Å². The van der Waals surface area contributed by atoms with Crippen molar-refractivity contribution in [2.45, 2.75) is 0 Å². The highest BCUT2D eigenvalue weighted by atomic mass is 16.5. The van der Waals surface area contributed by atoms with Gasteiger partial charge in [-0.2, -0.15) is 0 Å². The van der Waals surface area contributed by atoms with Crippen LogP contribution in [0.25, 0.3) is 5.73 Å². The van der Waals surface area contributed by atoms with E-state index in [2.05, 4.69) is 14.9 Å². The molecule has 4 heteroatoms. The SMILES string of the molecule is [NH-]c1cnno1. The molecule has 1 aromatic rings. The van der Waals surface area contributed by atoms with Gasteiger partial charge in [0.2, 0.25) is 0 Å². The number of rotatable bonds is 0. The van der Waals surface area contributed by atoms with Crippen LogP contribution in [-0.4, -0.2) is 10.4 Å². The molecule has 32 valence electrons. The minimum atomic E-state index is -0.00463. The topological polar surface area (TPSA) is 62.7 Å². The van der Waals surface area contributed by atoms with Crippen LogP contribution in [0, 0.1) is 0 Å². The molecule has 4 nitrogen and oxygen atoms in total. The van der Waals surface area contributed by atoms with Crippen molar-refractivity contribution < 1.29 is 4.52 Å². The van der Waals surface area contributed by atoms with Gasteiger partial charge in [0.25, 0.3) is 0 Å². The normalized spacial score (nSPS) is 8.67. The summed E-state index contributed by atoms with van der Waals surface area (Å²) in [5.41, 5.74) is 6.58. The largest absolute Gasteiger partial charge is 0.664 e. The van der Waals surface area contributed by atoms with Crippen LogP contribution in [0.4, 0.5) is 5.88 Å². The molecule has 0 saturated heterocycles. The van der Waals surface area contributed by atoms with Crippen LogP contribution in [0.2, 0.25) is 0 Å².